The molecule has 0 atom stereocenters. The van der Waals surface area contributed by atoms with E-state index in [0.29, 0.717) is 23.9 Å². The maximum atomic E-state index is 13.1. The number of aromatic nitrogens is 2. The van der Waals surface area contributed by atoms with Crippen LogP contribution in [0.5, 0.6) is 5.75 Å². The molecule has 0 saturated carbocycles. The lowest BCUT2D eigenvalue weighted by molar-refractivity contribution is -0.146. The van der Waals surface area contributed by atoms with E-state index in [0.717, 1.165) is 12.0 Å². The number of rotatable bonds is 3. The highest BCUT2D eigenvalue weighted by Gasteiger charge is 2.37. The third-order valence-corrected chi connectivity index (χ3v) is 4.81. The van der Waals surface area contributed by atoms with Crippen molar-refractivity contribution < 1.29 is 9.53 Å². The molecule has 0 saturated heterocycles. The van der Waals surface area contributed by atoms with Gasteiger partial charge in [-0.1, -0.05) is 11.6 Å². The van der Waals surface area contributed by atoms with E-state index in [-0.39, 0.29) is 11.4 Å². The van der Waals surface area contributed by atoms with E-state index in [1.165, 1.54) is 5.69 Å². The minimum atomic E-state index is -0.953. The van der Waals surface area contributed by atoms with Crippen molar-refractivity contribution in [1.29, 1.82) is 0 Å². The number of halogens is 1. The first-order valence-electron chi connectivity index (χ1n) is 8.88. The number of ether oxygens (including phenoxy) is 1. The molecular weight excluding hydrogens is 350 g/mol. The number of nitrogens with zero attached hydrogens (tertiary/aromatic N) is 3. The van der Waals surface area contributed by atoms with Gasteiger partial charge in [-0.05, 0) is 58.9 Å². The molecule has 1 aliphatic rings. The van der Waals surface area contributed by atoms with Gasteiger partial charge in [-0.25, -0.2) is 0 Å². The number of hydrogen-bond acceptors (Lipinski definition) is 3. The minimum Gasteiger partial charge on any atom is -0.478 e. The van der Waals surface area contributed by atoms with E-state index in [1.807, 2.05) is 11.1 Å². The molecule has 0 spiro atoms. The zero-order valence-electron chi connectivity index (χ0n) is 16.0. The molecule has 1 aliphatic heterocycles. The van der Waals surface area contributed by atoms with Crippen LogP contribution in [0.15, 0.2) is 30.5 Å². The van der Waals surface area contributed by atoms with E-state index in [1.54, 1.807) is 38.1 Å². The van der Waals surface area contributed by atoms with E-state index in [2.05, 4.69) is 30.6 Å². The van der Waals surface area contributed by atoms with Gasteiger partial charge in [0, 0.05) is 35.8 Å². The van der Waals surface area contributed by atoms with Gasteiger partial charge in [0.1, 0.15) is 5.75 Å². The van der Waals surface area contributed by atoms with E-state index >= 15 is 0 Å². The average Bonchev–Trinajstić information content (AvgIpc) is 2.99. The van der Waals surface area contributed by atoms with Crippen LogP contribution in [-0.2, 0) is 23.3 Å². The Morgan fingerprint density at radius 3 is 2.42 bits per heavy atom. The molecular formula is C20H26ClN3O2. The minimum absolute atomic E-state index is 0.0263. The van der Waals surface area contributed by atoms with Gasteiger partial charge < -0.3 is 9.64 Å². The third kappa shape index (κ3) is 3.73. The standard InChI is InChI=1S/C20H26ClN3O2/c1-19(2,3)24-17-10-11-23(13-14(17)12-22-24)18(25)20(4,5)26-16-8-6-15(21)7-9-16/h6-9,12H,10-11,13H2,1-5H3. The maximum absolute atomic E-state index is 13.1. The van der Waals surface area contributed by atoms with Gasteiger partial charge in [0.05, 0.1) is 11.7 Å². The lowest BCUT2D eigenvalue weighted by atomic mass is 10.0. The fourth-order valence-corrected chi connectivity index (χ4v) is 3.43. The Kier molecular flexibility index (Phi) is 4.78. The molecule has 1 aromatic heterocycles. The Bertz CT molecular complexity index is 803. The Morgan fingerprint density at radius 2 is 1.81 bits per heavy atom. The highest BCUT2D eigenvalue weighted by molar-refractivity contribution is 6.30. The summed E-state index contributed by atoms with van der Waals surface area (Å²) in [7, 11) is 0. The Labute approximate surface area is 159 Å². The summed E-state index contributed by atoms with van der Waals surface area (Å²) < 4.78 is 8.02. The van der Waals surface area contributed by atoms with Gasteiger partial charge in [-0.3, -0.25) is 9.48 Å². The molecule has 2 heterocycles. The van der Waals surface area contributed by atoms with Gasteiger partial charge in [0.25, 0.3) is 5.91 Å². The summed E-state index contributed by atoms with van der Waals surface area (Å²) in [5, 5.41) is 5.18. The lowest BCUT2D eigenvalue weighted by Crippen LogP contribution is -2.50. The number of benzene rings is 1. The molecule has 0 radical (unpaired) electrons. The van der Waals surface area contributed by atoms with Crippen molar-refractivity contribution in [2.24, 2.45) is 0 Å². The van der Waals surface area contributed by atoms with Crippen LogP contribution >= 0.6 is 11.6 Å². The second kappa shape index (κ2) is 6.62. The van der Waals surface area contributed by atoms with Crippen molar-refractivity contribution >= 4 is 17.5 Å². The van der Waals surface area contributed by atoms with Crippen molar-refractivity contribution in [1.82, 2.24) is 14.7 Å². The number of amides is 1. The van der Waals surface area contributed by atoms with Gasteiger partial charge in [0.15, 0.2) is 5.60 Å². The first kappa shape index (κ1) is 18.8. The molecule has 0 bridgehead atoms. The van der Waals surface area contributed by atoms with E-state index < -0.39 is 5.60 Å². The summed E-state index contributed by atoms with van der Waals surface area (Å²) in [5.41, 5.74) is 1.32. The van der Waals surface area contributed by atoms with Crippen LogP contribution in [0.25, 0.3) is 0 Å². The van der Waals surface area contributed by atoms with Crippen LogP contribution in [0.1, 0.15) is 45.9 Å². The van der Waals surface area contributed by atoms with Crippen molar-refractivity contribution in [3.8, 4) is 5.75 Å². The smallest absolute Gasteiger partial charge is 0.266 e. The van der Waals surface area contributed by atoms with Crippen LogP contribution in [0.2, 0.25) is 5.02 Å². The monoisotopic (exact) mass is 375 g/mol. The lowest BCUT2D eigenvalue weighted by Gasteiger charge is -2.35. The average molecular weight is 376 g/mol. The van der Waals surface area contributed by atoms with Gasteiger partial charge in [-0.15, -0.1) is 0 Å². The summed E-state index contributed by atoms with van der Waals surface area (Å²) in [6.07, 6.45) is 2.68. The topological polar surface area (TPSA) is 47.4 Å². The van der Waals surface area contributed by atoms with E-state index in [9.17, 15) is 4.79 Å². The van der Waals surface area contributed by atoms with Crippen LogP contribution < -0.4 is 4.74 Å². The molecule has 3 rings (SSSR count). The van der Waals surface area contributed by atoms with E-state index in [4.69, 9.17) is 16.3 Å². The summed E-state index contributed by atoms with van der Waals surface area (Å²) >= 11 is 5.91. The normalized spacial score (nSPS) is 14.9. The molecule has 1 amide bonds. The predicted molar refractivity (Wildman–Crippen MR) is 103 cm³/mol. The summed E-state index contributed by atoms with van der Waals surface area (Å²) in [6, 6.07) is 7.06. The molecule has 0 fully saturated rings. The highest BCUT2D eigenvalue weighted by atomic mass is 35.5. The number of hydrogen-bond donors (Lipinski definition) is 0. The largest absolute Gasteiger partial charge is 0.478 e. The number of carbonyl (C=O) groups is 1. The molecule has 0 N–H and O–H groups in total. The summed E-state index contributed by atoms with van der Waals surface area (Å²) in [6.45, 7) is 11.3. The van der Waals surface area contributed by atoms with Crippen molar-refractivity contribution in [2.75, 3.05) is 6.54 Å². The molecule has 1 aromatic carbocycles. The van der Waals surface area contributed by atoms with Crippen LogP contribution in [0, 0.1) is 0 Å². The van der Waals surface area contributed by atoms with Crippen LogP contribution in [-0.4, -0.2) is 32.7 Å². The van der Waals surface area contributed by atoms with Crippen molar-refractivity contribution in [3.63, 3.8) is 0 Å². The van der Waals surface area contributed by atoms with Crippen LogP contribution in [0.4, 0.5) is 0 Å². The second-order valence-electron chi connectivity index (χ2n) is 8.24. The molecule has 2 aromatic rings. The van der Waals surface area contributed by atoms with Crippen LogP contribution in [0.3, 0.4) is 0 Å². The fourth-order valence-electron chi connectivity index (χ4n) is 3.30. The molecule has 0 aliphatic carbocycles. The number of carbonyl (C=O) groups excluding carboxylic acids is 1. The third-order valence-electron chi connectivity index (χ3n) is 4.56. The molecule has 6 heteroatoms. The Balaban J connectivity index is 1.74. The first-order chi connectivity index (χ1) is 12.1. The predicted octanol–water partition coefficient (Wildman–Crippen LogP) is 4.03. The quantitative estimate of drug-likeness (QED) is 0.813. The second-order valence-corrected chi connectivity index (χ2v) is 8.68. The van der Waals surface area contributed by atoms with Crippen molar-refractivity contribution in [2.45, 2.75) is 58.7 Å². The maximum Gasteiger partial charge on any atom is 0.266 e. The highest BCUT2D eigenvalue weighted by Crippen LogP contribution is 2.27. The Morgan fingerprint density at radius 1 is 1.15 bits per heavy atom. The van der Waals surface area contributed by atoms with Gasteiger partial charge >= 0.3 is 0 Å². The summed E-state index contributed by atoms with van der Waals surface area (Å²) in [5.74, 6) is 0.604. The number of fused-ring (bicyclic) bond motifs is 1. The molecule has 5 nitrogen and oxygen atoms in total. The fraction of sp³-hybridized carbons (Fsp3) is 0.500. The molecule has 0 unspecified atom stereocenters. The zero-order valence-corrected chi connectivity index (χ0v) is 16.8. The Hall–Kier alpha value is -2.01. The van der Waals surface area contributed by atoms with Crippen molar-refractivity contribution in [3.05, 3.63) is 46.7 Å². The molecule has 140 valence electrons. The van der Waals surface area contributed by atoms with Gasteiger partial charge in [0.2, 0.25) is 0 Å². The summed E-state index contributed by atoms with van der Waals surface area (Å²) in [4.78, 5) is 14.9. The SMILES string of the molecule is CC(C)(Oc1ccc(Cl)cc1)C(=O)N1CCc2c(cnn2C(C)(C)C)C1. The molecule has 26 heavy (non-hydrogen) atoms. The first-order valence-corrected chi connectivity index (χ1v) is 9.26. The zero-order chi connectivity index (χ0) is 19.1. The van der Waals surface area contributed by atoms with Gasteiger partial charge in [-0.2, -0.15) is 5.10 Å².